The zero-order valence-corrected chi connectivity index (χ0v) is 17.9. The van der Waals surface area contributed by atoms with Gasteiger partial charge in [0.05, 0.1) is 0 Å². The molecule has 1 aromatic heterocycles. The Morgan fingerprint density at radius 2 is 1.90 bits per heavy atom. The van der Waals surface area contributed by atoms with Crippen molar-refractivity contribution < 1.29 is 8.42 Å². The molecule has 0 fully saturated rings. The second-order valence-corrected chi connectivity index (χ2v) is 8.82. The zero-order valence-electron chi connectivity index (χ0n) is 16.3. The molecule has 0 aliphatic carbocycles. The molecule has 0 spiro atoms. The van der Waals surface area contributed by atoms with Gasteiger partial charge in [0.2, 0.25) is 10.0 Å². The third-order valence-corrected chi connectivity index (χ3v) is 6.38. The smallest absolute Gasteiger partial charge is 0.242 e. The van der Waals surface area contributed by atoms with Crippen LogP contribution in [0.3, 0.4) is 0 Å². The van der Waals surface area contributed by atoms with E-state index in [0.717, 1.165) is 41.1 Å². The molecule has 0 radical (unpaired) electrons. The molecule has 154 valence electrons. The van der Waals surface area contributed by atoms with Crippen LogP contribution >= 0.6 is 11.6 Å². The fourth-order valence-corrected chi connectivity index (χ4v) is 4.28. The molecule has 6 nitrogen and oxygen atoms in total. The molecule has 0 saturated carbocycles. The van der Waals surface area contributed by atoms with E-state index in [4.69, 9.17) is 11.6 Å². The average molecular weight is 433 g/mol. The largest absolute Gasteiger partial charge is 0.383 e. The number of fused-ring (bicyclic) bond motifs is 1. The SMILES string of the molecule is CCN(CCNc1cccc2cc(Cl)ccc12)CCNS(=O)(=O)c1cccnc1. The first-order chi connectivity index (χ1) is 14.0. The molecule has 2 aromatic carbocycles. The van der Waals surface area contributed by atoms with Crippen molar-refractivity contribution in [3.05, 3.63) is 65.9 Å². The second kappa shape index (κ2) is 10.0. The van der Waals surface area contributed by atoms with Crippen molar-refractivity contribution in [3.63, 3.8) is 0 Å². The van der Waals surface area contributed by atoms with Crippen molar-refractivity contribution in [1.29, 1.82) is 0 Å². The summed E-state index contributed by atoms with van der Waals surface area (Å²) in [4.78, 5) is 6.24. The lowest BCUT2D eigenvalue weighted by atomic mass is 10.1. The molecule has 8 heteroatoms. The molecule has 0 bridgehead atoms. The van der Waals surface area contributed by atoms with Crippen molar-refractivity contribution in [2.24, 2.45) is 0 Å². The number of anilines is 1. The number of hydrogen-bond donors (Lipinski definition) is 2. The molecule has 1 heterocycles. The summed E-state index contributed by atoms with van der Waals surface area (Å²) < 4.78 is 27.2. The quantitative estimate of drug-likeness (QED) is 0.512. The van der Waals surface area contributed by atoms with Gasteiger partial charge in [-0.3, -0.25) is 4.98 Å². The minimum atomic E-state index is -3.52. The third kappa shape index (κ3) is 5.90. The van der Waals surface area contributed by atoms with Crippen LogP contribution in [0.25, 0.3) is 10.8 Å². The molecule has 3 aromatic rings. The number of sulfonamides is 1. The highest BCUT2D eigenvalue weighted by atomic mass is 35.5. The van der Waals surface area contributed by atoms with Gasteiger partial charge in [-0.05, 0) is 42.3 Å². The molecule has 0 aliphatic rings. The molecule has 0 saturated heterocycles. The van der Waals surface area contributed by atoms with Crippen LogP contribution in [0.1, 0.15) is 6.92 Å². The number of nitrogens with one attached hydrogen (secondary N) is 2. The number of hydrogen-bond acceptors (Lipinski definition) is 5. The van der Waals surface area contributed by atoms with Crippen molar-refractivity contribution in [2.75, 3.05) is 38.0 Å². The van der Waals surface area contributed by atoms with E-state index >= 15 is 0 Å². The molecule has 2 N–H and O–H groups in total. The van der Waals surface area contributed by atoms with Crippen LogP contribution in [0.2, 0.25) is 5.02 Å². The molecular formula is C21H25ClN4O2S. The van der Waals surface area contributed by atoms with E-state index < -0.39 is 10.0 Å². The maximum absolute atomic E-state index is 12.3. The van der Waals surface area contributed by atoms with Gasteiger partial charge in [0.15, 0.2) is 0 Å². The van der Waals surface area contributed by atoms with Crippen LogP contribution < -0.4 is 10.0 Å². The van der Waals surface area contributed by atoms with Crippen LogP contribution in [0.15, 0.2) is 65.8 Å². The number of likely N-dealkylation sites (N-methyl/N-ethyl adjacent to an activating group) is 1. The van der Waals surface area contributed by atoms with Crippen LogP contribution in [0.4, 0.5) is 5.69 Å². The predicted molar refractivity (Wildman–Crippen MR) is 119 cm³/mol. The molecule has 0 atom stereocenters. The Morgan fingerprint density at radius 3 is 2.66 bits per heavy atom. The maximum atomic E-state index is 12.3. The van der Waals surface area contributed by atoms with Crippen molar-refractivity contribution in [1.82, 2.24) is 14.6 Å². The first-order valence-electron chi connectivity index (χ1n) is 9.54. The van der Waals surface area contributed by atoms with Crippen LogP contribution in [0, 0.1) is 0 Å². The normalized spacial score (nSPS) is 11.8. The topological polar surface area (TPSA) is 74.3 Å². The van der Waals surface area contributed by atoms with Gasteiger partial charge in [0.1, 0.15) is 4.90 Å². The lowest BCUT2D eigenvalue weighted by Gasteiger charge is -2.21. The first kappa shape index (κ1) is 21.5. The van der Waals surface area contributed by atoms with Gasteiger partial charge in [-0.25, -0.2) is 13.1 Å². The highest BCUT2D eigenvalue weighted by Gasteiger charge is 2.13. The van der Waals surface area contributed by atoms with Gasteiger partial charge in [0, 0.05) is 54.7 Å². The molecule has 3 rings (SSSR count). The van der Waals surface area contributed by atoms with E-state index in [1.807, 2.05) is 30.3 Å². The number of pyridine rings is 1. The second-order valence-electron chi connectivity index (χ2n) is 6.62. The summed E-state index contributed by atoms with van der Waals surface area (Å²) in [5.41, 5.74) is 1.06. The van der Waals surface area contributed by atoms with Crippen LogP contribution in [0.5, 0.6) is 0 Å². The summed E-state index contributed by atoms with van der Waals surface area (Å²) >= 11 is 6.08. The van der Waals surface area contributed by atoms with Gasteiger partial charge in [-0.2, -0.15) is 0 Å². The highest BCUT2D eigenvalue weighted by molar-refractivity contribution is 7.89. The van der Waals surface area contributed by atoms with Gasteiger partial charge in [0.25, 0.3) is 0 Å². The predicted octanol–water partition coefficient (Wildman–Crippen LogP) is 3.60. The lowest BCUT2D eigenvalue weighted by Crippen LogP contribution is -2.37. The molecule has 29 heavy (non-hydrogen) atoms. The summed E-state index contributed by atoms with van der Waals surface area (Å²) in [6, 6.07) is 15.1. The summed E-state index contributed by atoms with van der Waals surface area (Å²) in [6.45, 7) is 5.43. The van der Waals surface area contributed by atoms with Crippen molar-refractivity contribution >= 4 is 38.1 Å². The summed E-state index contributed by atoms with van der Waals surface area (Å²) in [7, 11) is -3.52. The maximum Gasteiger partial charge on any atom is 0.242 e. The Balaban J connectivity index is 1.50. The van der Waals surface area contributed by atoms with Crippen molar-refractivity contribution in [2.45, 2.75) is 11.8 Å². The fraction of sp³-hybridized carbons (Fsp3) is 0.286. The first-order valence-corrected chi connectivity index (χ1v) is 11.4. The van der Waals surface area contributed by atoms with E-state index in [1.165, 1.54) is 12.3 Å². The Kier molecular flexibility index (Phi) is 7.44. The van der Waals surface area contributed by atoms with Gasteiger partial charge < -0.3 is 10.2 Å². The number of nitrogens with zero attached hydrogens (tertiary/aromatic N) is 2. The molecular weight excluding hydrogens is 408 g/mol. The van der Waals surface area contributed by atoms with E-state index in [1.54, 1.807) is 12.3 Å². The van der Waals surface area contributed by atoms with Gasteiger partial charge >= 0.3 is 0 Å². The van der Waals surface area contributed by atoms with Gasteiger partial charge in [-0.1, -0.05) is 36.7 Å². The molecule has 0 amide bonds. The Bertz CT molecular complexity index is 1040. The monoisotopic (exact) mass is 432 g/mol. The average Bonchev–Trinajstić information content (AvgIpc) is 2.73. The van der Waals surface area contributed by atoms with E-state index in [9.17, 15) is 8.42 Å². The van der Waals surface area contributed by atoms with Crippen LogP contribution in [-0.4, -0.2) is 51.0 Å². The van der Waals surface area contributed by atoms with E-state index in [2.05, 4.69) is 32.9 Å². The summed E-state index contributed by atoms with van der Waals surface area (Å²) in [5.74, 6) is 0. The number of halogens is 1. The fourth-order valence-electron chi connectivity index (χ4n) is 3.11. The summed E-state index contributed by atoms with van der Waals surface area (Å²) in [5, 5.41) is 6.42. The minimum absolute atomic E-state index is 0.181. The third-order valence-electron chi connectivity index (χ3n) is 4.70. The Morgan fingerprint density at radius 1 is 1.07 bits per heavy atom. The van der Waals surface area contributed by atoms with E-state index in [-0.39, 0.29) is 4.90 Å². The van der Waals surface area contributed by atoms with E-state index in [0.29, 0.717) is 13.1 Å². The van der Waals surface area contributed by atoms with Crippen LogP contribution in [-0.2, 0) is 10.0 Å². The standard InChI is InChI=1S/C21H25ClN4O2S/c1-2-26(14-12-25-29(27,28)19-6-4-10-23-16-19)13-11-24-21-7-3-5-17-15-18(22)8-9-20(17)21/h3-10,15-16,24-25H,2,11-14H2,1H3. The Labute approximate surface area is 177 Å². The summed E-state index contributed by atoms with van der Waals surface area (Å²) in [6.07, 6.45) is 2.90. The number of benzene rings is 2. The number of aromatic nitrogens is 1. The minimum Gasteiger partial charge on any atom is -0.383 e. The molecule has 0 unspecified atom stereocenters. The van der Waals surface area contributed by atoms with Gasteiger partial charge in [-0.15, -0.1) is 0 Å². The lowest BCUT2D eigenvalue weighted by molar-refractivity contribution is 0.304. The zero-order chi connectivity index (χ0) is 20.7. The molecule has 0 aliphatic heterocycles. The van der Waals surface area contributed by atoms with Crippen molar-refractivity contribution in [3.8, 4) is 0 Å². The number of rotatable bonds is 10. The highest BCUT2D eigenvalue weighted by Crippen LogP contribution is 2.25. The Hall–Kier alpha value is -2.19.